The van der Waals surface area contributed by atoms with Crippen LogP contribution in [0.3, 0.4) is 0 Å². The molecule has 2 fully saturated rings. The van der Waals surface area contributed by atoms with E-state index in [2.05, 4.69) is 24.8 Å². The third-order valence-electron chi connectivity index (χ3n) is 6.31. The van der Waals surface area contributed by atoms with Gasteiger partial charge in [-0.15, -0.1) is 12.4 Å². The van der Waals surface area contributed by atoms with Crippen molar-refractivity contribution in [1.29, 1.82) is 0 Å². The number of rotatable bonds is 3. The molecule has 0 spiro atoms. The van der Waals surface area contributed by atoms with Gasteiger partial charge in [-0.3, -0.25) is 0 Å². The number of benzene rings is 1. The number of aromatic hydroxyl groups is 1. The Balaban J connectivity index is 0.00000192. The van der Waals surface area contributed by atoms with E-state index in [1.54, 1.807) is 6.07 Å². The molecule has 2 atom stereocenters. The molecule has 2 unspecified atom stereocenters. The molecule has 0 aromatic heterocycles. The summed E-state index contributed by atoms with van der Waals surface area (Å²) >= 11 is 0. The molecule has 1 aromatic carbocycles. The zero-order valence-corrected chi connectivity index (χ0v) is 15.4. The highest BCUT2D eigenvalue weighted by atomic mass is 35.5. The topological polar surface area (TPSA) is 23.5 Å². The van der Waals surface area contributed by atoms with Crippen LogP contribution in [0.25, 0.3) is 0 Å². The number of piperidine rings is 1. The molecule has 1 heterocycles. The molecule has 1 aliphatic heterocycles. The van der Waals surface area contributed by atoms with E-state index in [-0.39, 0.29) is 17.8 Å². The van der Waals surface area contributed by atoms with Gasteiger partial charge in [0.25, 0.3) is 0 Å². The van der Waals surface area contributed by atoms with Gasteiger partial charge in [-0.05, 0) is 60.8 Å². The maximum absolute atomic E-state index is 9.80. The van der Waals surface area contributed by atoms with Gasteiger partial charge in [0.2, 0.25) is 0 Å². The highest BCUT2D eigenvalue weighted by Crippen LogP contribution is 2.40. The fourth-order valence-electron chi connectivity index (χ4n) is 4.51. The first-order valence-corrected chi connectivity index (χ1v) is 9.10. The standard InChI is InChI=1S/C20H31NO.ClH/c1-16-14-21(15-17-7-4-3-5-8-17)12-11-20(16,2)18-9-6-10-19(22)13-18;/h6,9-10,13,16-17,22H,3-5,7-8,11-12,14-15H2,1-2H3;1H. The summed E-state index contributed by atoms with van der Waals surface area (Å²) in [6, 6.07) is 7.91. The van der Waals surface area contributed by atoms with Gasteiger partial charge in [0.05, 0.1) is 0 Å². The van der Waals surface area contributed by atoms with Crippen LogP contribution < -0.4 is 0 Å². The quantitative estimate of drug-likeness (QED) is 0.839. The fourth-order valence-corrected chi connectivity index (χ4v) is 4.51. The number of phenols is 1. The van der Waals surface area contributed by atoms with Gasteiger partial charge in [0.1, 0.15) is 5.75 Å². The summed E-state index contributed by atoms with van der Waals surface area (Å²) in [5.41, 5.74) is 1.50. The molecule has 1 aliphatic carbocycles. The summed E-state index contributed by atoms with van der Waals surface area (Å²) in [4.78, 5) is 2.70. The molecule has 2 nitrogen and oxygen atoms in total. The van der Waals surface area contributed by atoms with Crippen LogP contribution in [0, 0.1) is 11.8 Å². The molecule has 3 heteroatoms. The zero-order valence-electron chi connectivity index (χ0n) is 14.6. The Hall–Kier alpha value is -0.730. The molecule has 1 saturated heterocycles. The molecule has 1 saturated carbocycles. The van der Waals surface area contributed by atoms with Gasteiger partial charge in [0, 0.05) is 13.1 Å². The normalized spacial score (nSPS) is 29.9. The molecule has 0 amide bonds. The smallest absolute Gasteiger partial charge is 0.115 e. The van der Waals surface area contributed by atoms with E-state index in [1.807, 2.05) is 12.1 Å². The lowest BCUT2D eigenvalue weighted by Crippen LogP contribution is -2.48. The van der Waals surface area contributed by atoms with Gasteiger partial charge in [0.15, 0.2) is 0 Å². The summed E-state index contributed by atoms with van der Waals surface area (Å²) < 4.78 is 0. The van der Waals surface area contributed by atoms with Crippen molar-refractivity contribution in [3.63, 3.8) is 0 Å². The van der Waals surface area contributed by atoms with Crippen molar-refractivity contribution >= 4 is 12.4 Å². The average Bonchev–Trinajstić information content (AvgIpc) is 2.52. The number of halogens is 1. The van der Waals surface area contributed by atoms with E-state index in [9.17, 15) is 5.11 Å². The molecule has 2 aliphatic rings. The van der Waals surface area contributed by atoms with Gasteiger partial charge in [-0.2, -0.15) is 0 Å². The minimum absolute atomic E-state index is 0. The van der Waals surface area contributed by atoms with Crippen molar-refractivity contribution in [1.82, 2.24) is 4.90 Å². The predicted molar refractivity (Wildman–Crippen MR) is 99.5 cm³/mol. The number of hydrogen-bond donors (Lipinski definition) is 1. The number of likely N-dealkylation sites (tertiary alicyclic amines) is 1. The number of nitrogens with zero attached hydrogens (tertiary/aromatic N) is 1. The third-order valence-corrected chi connectivity index (χ3v) is 6.31. The molecule has 0 radical (unpaired) electrons. The lowest BCUT2D eigenvalue weighted by molar-refractivity contribution is 0.0896. The van der Waals surface area contributed by atoms with Crippen LogP contribution >= 0.6 is 12.4 Å². The third kappa shape index (κ3) is 4.22. The van der Waals surface area contributed by atoms with Crippen molar-refractivity contribution in [3.8, 4) is 5.75 Å². The van der Waals surface area contributed by atoms with Crippen molar-refractivity contribution in [2.75, 3.05) is 19.6 Å². The largest absolute Gasteiger partial charge is 0.508 e. The Morgan fingerprint density at radius 2 is 1.96 bits per heavy atom. The monoisotopic (exact) mass is 337 g/mol. The summed E-state index contributed by atoms with van der Waals surface area (Å²) in [6.45, 7) is 8.47. The van der Waals surface area contributed by atoms with E-state index in [0.717, 1.165) is 5.92 Å². The molecular weight excluding hydrogens is 306 g/mol. The maximum atomic E-state index is 9.80. The van der Waals surface area contributed by atoms with Crippen LogP contribution in [-0.4, -0.2) is 29.6 Å². The SMILES string of the molecule is CC1CN(CC2CCCCC2)CCC1(C)c1cccc(O)c1.Cl. The van der Waals surface area contributed by atoms with Gasteiger partial charge >= 0.3 is 0 Å². The second kappa shape index (κ2) is 7.90. The Morgan fingerprint density at radius 3 is 2.61 bits per heavy atom. The second-order valence-electron chi connectivity index (χ2n) is 7.88. The highest BCUT2D eigenvalue weighted by Gasteiger charge is 2.38. The second-order valence-corrected chi connectivity index (χ2v) is 7.88. The molecule has 23 heavy (non-hydrogen) atoms. The lowest BCUT2D eigenvalue weighted by Gasteiger charge is -2.46. The van der Waals surface area contributed by atoms with Crippen molar-refractivity contribution in [3.05, 3.63) is 29.8 Å². The van der Waals surface area contributed by atoms with Gasteiger partial charge in [-0.25, -0.2) is 0 Å². The van der Waals surface area contributed by atoms with Crippen LogP contribution in [0.5, 0.6) is 5.75 Å². The van der Waals surface area contributed by atoms with Gasteiger partial charge < -0.3 is 10.0 Å². The highest BCUT2D eigenvalue weighted by molar-refractivity contribution is 5.85. The first-order chi connectivity index (χ1) is 10.6. The summed E-state index contributed by atoms with van der Waals surface area (Å²) in [5, 5.41) is 9.80. The fraction of sp³-hybridized carbons (Fsp3) is 0.700. The summed E-state index contributed by atoms with van der Waals surface area (Å²) in [5.74, 6) is 1.97. The number of hydrogen-bond acceptors (Lipinski definition) is 2. The summed E-state index contributed by atoms with van der Waals surface area (Å²) in [6.07, 6.45) is 8.40. The van der Waals surface area contributed by atoms with Gasteiger partial charge in [-0.1, -0.05) is 45.2 Å². The van der Waals surface area contributed by atoms with E-state index in [1.165, 1.54) is 63.7 Å². The molecule has 1 N–H and O–H groups in total. The van der Waals surface area contributed by atoms with Crippen molar-refractivity contribution in [2.24, 2.45) is 11.8 Å². The molecular formula is C20H32ClNO. The minimum Gasteiger partial charge on any atom is -0.508 e. The first-order valence-electron chi connectivity index (χ1n) is 9.10. The van der Waals surface area contributed by atoms with Crippen LogP contribution in [0.4, 0.5) is 0 Å². The van der Waals surface area contributed by atoms with Crippen LogP contribution in [0.2, 0.25) is 0 Å². The van der Waals surface area contributed by atoms with E-state index >= 15 is 0 Å². The van der Waals surface area contributed by atoms with Crippen molar-refractivity contribution in [2.45, 2.75) is 57.8 Å². The molecule has 3 rings (SSSR count). The van der Waals surface area contributed by atoms with Crippen LogP contribution in [-0.2, 0) is 5.41 Å². The van der Waals surface area contributed by atoms with E-state index < -0.39 is 0 Å². The Morgan fingerprint density at radius 1 is 1.22 bits per heavy atom. The minimum atomic E-state index is 0. The summed E-state index contributed by atoms with van der Waals surface area (Å²) in [7, 11) is 0. The zero-order chi connectivity index (χ0) is 15.6. The average molecular weight is 338 g/mol. The molecule has 130 valence electrons. The molecule has 1 aromatic rings. The van der Waals surface area contributed by atoms with E-state index in [0.29, 0.717) is 11.7 Å². The first kappa shape index (κ1) is 18.6. The maximum Gasteiger partial charge on any atom is 0.115 e. The Kier molecular flexibility index (Phi) is 6.39. The molecule has 0 bridgehead atoms. The van der Waals surface area contributed by atoms with Crippen molar-refractivity contribution < 1.29 is 5.11 Å². The van der Waals surface area contributed by atoms with Crippen LogP contribution in [0.15, 0.2) is 24.3 Å². The van der Waals surface area contributed by atoms with E-state index in [4.69, 9.17) is 0 Å². The Bertz CT molecular complexity index is 500. The number of phenolic OH excluding ortho intramolecular Hbond substituents is 1. The predicted octanol–water partition coefficient (Wildman–Crippen LogP) is 4.99. The Labute approximate surface area is 147 Å². The van der Waals surface area contributed by atoms with Crippen LogP contribution in [0.1, 0.15) is 57.9 Å². The lowest BCUT2D eigenvalue weighted by atomic mass is 9.68.